The molecule has 1 aliphatic heterocycles. The fourth-order valence-corrected chi connectivity index (χ4v) is 2.95. The van der Waals surface area contributed by atoms with Crippen molar-refractivity contribution in [3.8, 4) is 0 Å². The number of hydrogen-bond acceptors (Lipinski definition) is 2. The average Bonchev–Trinajstić information content (AvgIpc) is 2.50. The number of halogens is 2. The summed E-state index contributed by atoms with van der Waals surface area (Å²) < 4.78 is 19.3. The van der Waals surface area contributed by atoms with Gasteiger partial charge in [-0.3, -0.25) is 4.79 Å². The summed E-state index contributed by atoms with van der Waals surface area (Å²) in [6.07, 6.45) is 3.44. The van der Waals surface area contributed by atoms with E-state index in [0.29, 0.717) is 12.2 Å². The molecule has 5 heteroatoms. The number of amides is 1. The van der Waals surface area contributed by atoms with Crippen molar-refractivity contribution >= 4 is 17.5 Å². The molecule has 1 aromatic rings. The number of aryl methyl sites for hydroxylation is 1. The molecule has 1 amide bonds. The molecule has 0 spiro atoms. The molecule has 0 aromatic heterocycles. The lowest BCUT2D eigenvalue weighted by atomic mass is 9.94. The van der Waals surface area contributed by atoms with Crippen LogP contribution in [0.2, 0.25) is 5.02 Å². The first kappa shape index (κ1) is 17.2. The van der Waals surface area contributed by atoms with Crippen LogP contribution in [0.1, 0.15) is 50.2 Å². The van der Waals surface area contributed by atoms with Gasteiger partial charge in [-0.2, -0.15) is 0 Å². The second-order valence-corrected chi connectivity index (χ2v) is 6.37. The van der Waals surface area contributed by atoms with Crippen molar-refractivity contribution in [2.75, 3.05) is 13.2 Å². The predicted molar refractivity (Wildman–Crippen MR) is 85.8 cm³/mol. The number of ether oxygens (including phenoxy) is 1. The molecule has 2 atom stereocenters. The number of carbonyl (C=O) groups is 1. The van der Waals surface area contributed by atoms with Crippen LogP contribution in [0, 0.1) is 5.82 Å². The second-order valence-electron chi connectivity index (χ2n) is 5.96. The van der Waals surface area contributed by atoms with Crippen LogP contribution in [0.4, 0.5) is 4.39 Å². The number of hydrogen-bond donors (Lipinski definition) is 1. The van der Waals surface area contributed by atoms with Gasteiger partial charge in [0, 0.05) is 0 Å². The van der Waals surface area contributed by atoms with Crippen LogP contribution in [-0.2, 0) is 16.0 Å². The summed E-state index contributed by atoms with van der Waals surface area (Å²) in [5, 5.41) is 3.11. The van der Waals surface area contributed by atoms with Crippen molar-refractivity contribution in [1.82, 2.24) is 5.32 Å². The number of morpholine rings is 1. The maximum atomic E-state index is 14.1. The highest BCUT2D eigenvalue weighted by Gasteiger charge is 2.18. The quantitative estimate of drug-likeness (QED) is 0.862. The molecule has 1 aliphatic rings. The first-order valence-electron chi connectivity index (χ1n) is 7.86. The average molecular weight is 328 g/mol. The van der Waals surface area contributed by atoms with Crippen molar-refractivity contribution in [3.05, 3.63) is 34.1 Å². The molecule has 1 aromatic carbocycles. The third-order valence-electron chi connectivity index (χ3n) is 4.19. The molecule has 0 radical (unpaired) electrons. The summed E-state index contributed by atoms with van der Waals surface area (Å²) in [4.78, 5) is 11.2. The molecule has 0 bridgehead atoms. The highest BCUT2D eigenvalue weighted by Crippen LogP contribution is 2.29. The minimum absolute atomic E-state index is 0.0554. The Hall–Kier alpha value is -1.13. The van der Waals surface area contributed by atoms with E-state index in [9.17, 15) is 9.18 Å². The van der Waals surface area contributed by atoms with Crippen LogP contribution < -0.4 is 5.32 Å². The third kappa shape index (κ3) is 4.43. The van der Waals surface area contributed by atoms with Crippen molar-refractivity contribution in [2.45, 2.75) is 51.5 Å². The van der Waals surface area contributed by atoms with Crippen LogP contribution in [0.15, 0.2) is 12.1 Å². The molecule has 3 nitrogen and oxygen atoms in total. The summed E-state index contributed by atoms with van der Waals surface area (Å²) in [6.45, 7) is 4.76. The summed E-state index contributed by atoms with van der Waals surface area (Å²) >= 11 is 6.01. The lowest BCUT2D eigenvalue weighted by Crippen LogP contribution is -2.45. The summed E-state index contributed by atoms with van der Waals surface area (Å²) in [7, 11) is 0. The molecule has 122 valence electrons. The van der Waals surface area contributed by atoms with Crippen LogP contribution in [0.3, 0.4) is 0 Å². The van der Waals surface area contributed by atoms with Crippen molar-refractivity contribution in [2.24, 2.45) is 0 Å². The minimum Gasteiger partial charge on any atom is -0.370 e. The SMILES string of the molecule is CCC(C)c1cc(CCC[C@@H]2COCC(=O)N2)cc(Cl)c1F. The predicted octanol–water partition coefficient (Wildman–Crippen LogP) is 3.83. The Morgan fingerprint density at radius 1 is 1.50 bits per heavy atom. The zero-order valence-corrected chi connectivity index (χ0v) is 13.9. The summed E-state index contributed by atoms with van der Waals surface area (Å²) in [5.74, 6) is -0.198. The fraction of sp³-hybridized carbons (Fsp3) is 0.588. The summed E-state index contributed by atoms with van der Waals surface area (Å²) in [6, 6.07) is 3.70. The molecular weight excluding hydrogens is 305 g/mol. The van der Waals surface area contributed by atoms with E-state index in [1.165, 1.54) is 0 Å². The van der Waals surface area contributed by atoms with E-state index in [1.54, 1.807) is 6.07 Å². The zero-order valence-electron chi connectivity index (χ0n) is 13.1. The van der Waals surface area contributed by atoms with E-state index in [-0.39, 0.29) is 35.3 Å². The van der Waals surface area contributed by atoms with E-state index in [2.05, 4.69) is 5.32 Å². The van der Waals surface area contributed by atoms with Crippen molar-refractivity contribution < 1.29 is 13.9 Å². The summed E-state index contributed by atoms with van der Waals surface area (Å²) in [5.41, 5.74) is 1.74. The van der Waals surface area contributed by atoms with Gasteiger partial charge in [0.2, 0.25) is 5.91 Å². The molecule has 1 heterocycles. The van der Waals surface area contributed by atoms with Gasteiger partial charge in [-0.1, -0.05) is 31.5 Å². The number of nitrogens with one attached hydrogen (secondary N) is 1. The normalized spacial score (nSPS) is 19.8. The van der Waals surface area contributed by atoms with Gasteiger partial charge in [-0.05, 0) is 48.8 Å². The van der Waals surface area contributed by atoms with Gasteiger partial charge in [0.05, 0.1) is 17.7 Å². The molecule has 22 heavy (non-hydrogen) atoms. The van der Waals surface area contributed by atoms with Crippen molar-refractivity contribution in [1.29, 1.82) is 0 Å². The Bertz CT molecular complexity index is 536. The Balaban J connectivity index is 1.95. The van der Waals surface area contributed by atoms with Crippen LogP contribution in [0.25, 0.3) is 0 Å². The molecule has 1 N–H and O–H groups in total. The Labute approximate surface area is 136 Å². The van der Waals surface area contributed by atoms with Gasteiger partial charge in [0.1, 0.15) is 12.4 Å². The Kier molecular flexibility index (Phi) is 6.21. The Morgan fingerprint density at radius 2 is 2.27 bits per heavy atom. The number of carbonyl (C=O) groups excluding carboxylic acids is 1. The van der Waals surface area contributed by atoms with Gasteiger partial charge in [-0.25, -0.2) is 4.39 Å². The zero-order chi connectivity index (χ0) is 16.1. The fourth-order valence-electron chi connectivity index (χ4n) is 2.70. The maximum absolute atomic E-state index is 14.1. The molecule has 0 aliphatic carbocycles. The monoisotopic (exact) mass is 327 g/mol. The minimum atomic E-state index is -0.298. The second kappa shape index (κ2) is 7.93. The lowest BCUT2D eigenvalue weighted by molar-refractivity contribution is -0.131. The molecule has 2 rings (SSSR count). The lowest BCUT2D eigenvalue weighted by Gasteiger charge is -2.23. The van der Waals surface area contributed by atoms with Gasteiger partial charge < -0.3 is 10.1 Å². The van der Waals surface area contributed by atoms with Gasteiger partial charge in [0.25, 0.3) is 0 Å². The van der Waals surface area contributed by atoms with E-state index >= 15 is 0 Å². The molecular formula is C17H23ClFNO2. The largest absolute Gasteiger partial charge is 0.370 e. The van der Waals surface area contributed by atoms with E-state index < -0.39 is 0 Å². The van der Waals surface area contributed by atoms with Gasteiger partial charge >= 0.3 is 0 Å². The number of benzene rings is 1. The van der Waals surface area contributed by atoms with Gasteiger partial charge in [-0.15, -0.1) is 0 Å². The molecule has 1 unspecified atom stereocenters. The standard InChI is InChI=1S/C17H23ClFNO2/c1-3-11(2)14-7-12(8-15(18)17(14)19)5-4-6-13-9-22-10-16(21)20-13/h7-8,11,13H,3-6,9-10H2,1-2H3,(H,20,21)/t11?,13-/m1/s1. The highest BCUT2D eigenvalue weighted by atomic mass is 35.5. The third-order valence-corrected chi connectivity index (χ3v) is 4.47. The van der Waals surface area contributed by atoms with Crippen molar-refractivity contribution in [3.63, 3.8) is 0 Å². The van der Waals surface area contributed by atoms with E-state index in [0.717, 1.165) is 31.2 Å². The topological polar surface area (TPSA) is 38.3 Å². The molecule has 0 saturated carbocycles. The van der Waals surface area contributed by atoms with Gasteiger partial charge in [0.15, 0.2) is 0 Å². The van der Waals surface area contributed by atoms with Crippen LogP contribution in [-0.4, -0.2) is 25.2 Å². The number of rotatable bonds is 6. The maximum Gasteiger partial charge on any atom is 0.246 e. The molecule has 1 fully saturated rings. The first-order chi connectivity index (χ1) is 10.5. The van der Waals surface area contributed by atoms with Crippen LogP contribution in [0.5, 0.6) is 0 Å². The van der Waals surface area contributed by atoms with E-state index in [1.807, 2.05) is 19.9 Å². The van der Waals surface area contributed by atoms with Crippen LogP contribution >= 0.6 is 11.6 Å². The molecule has 1 saturated heterocycles. The highest BCUT2D eigenvalue weighted by molar-refractivity contribution is 6.30. The Morgan fingerprint density at radius 3 is 2.95 bits per heavy atom. The van der Waals surface area contributed by atoms with E-state index in [4.69, 9.17) is 16.3 Å². The first-order valence-corrected chi connectivity index (χ1v) is 8.24. The smallest absolute Gasteiger partial charge is 0.246 e.